The molecule has 1 aromatic heterocycles. The molecule has 32 heavy (non-hydrogen) atoms. The van der Waals surface area contributed by atoms with Crippen molar-refractivity contribution in [3.63, 3.8) is 0 Å². The molecule has 0 bridgehead atoms. The lowest BCUT2D eigenvalue weighted by Gasteiger charge is -2.08. The van der Waals surface area contributed by atoms with Crippen molar-refractivity contribution in [1.82, 2.24) is 15.8 Å². The average Bonchev–Trinajstić information content (AvgIpc) is 3.25. The monoisotopic (exact) mass is 463 g/mol. The van der Waals surface area contributed by atoms with E-state index in [0.717, 1.165) is 32.5 Å². The van der Waals surface area contributed by atoms with Gasteiger partial charge in [0.25, 0.3) is 5.91 Å². The molecule has 0 radical (unpaired) electrons. The number of nitrogens with zero attached hydrogens (tertiary/aromatic N) is 1. The second kappa shape index (κ2) is 10.3. The minimum absolute atomic E-state index is 0.159. The molecule has 3 aromatic carbocycles. The molecule has 0 saturated carbocycles. The fourth-order valence-corrected chi connectivity index (χ4v) is 5.01. The Balaban J connectivity index is 1.25. The average molecular weight is 464 g/mol. The molecule has 0 aliphatic heterocycles. The van der Waals surface area contributed by atoms with Gasteiger partial charge in [0.1, 0.15) is 5.75 Å². The van der Waals surface area contributed by atoms with Crippen LogP contribution in [-0.4, -0.2) is 23.9 Å². The fourth-order valence-electron chi connectivity index (χ4n) is 2.98. The highest BCUT2D eigenvalue weighted by atomic mass is 32.2. The number of carbonyl (C=O) groups is 2. The number of hydrogen-bond acceptors (Lipinski definition) is 6. The van der Waals surface area contributed by atoms with E-state index < -0.39 is 0 Å². The lowest BCUT2D eigenvalue weighted by atomic mass is 10.1. The zero-order chi connectivity index (χ0) is 22.3. The van der Waals surface area contributed by atoms with Gasteiger partial charge in [0.2, 0.25) is 5.91 Å². The first-order chi connectivity index (χ1) is 15.6. The number of aromatic nitrogens is 1. The van der Waals surface area contributed by atoms with Crippen molar-refractivity contribution in [2.24, 2.45) is 0 Å². The molecule has 2 amide bonds. The molecule has 0 aliphatic rings. The number of ether oxygens (including phenoxy) is 1. The summed E-state index contributed by atoms with van der Waals surface area (Å²) >= 11 is 3.35. The zero-order valence-electron chi connectivity index (χ0n) is 17.3. The van der Waals surface area contributed by atoms with Crippen molar-refractivity contribution in [1.29, 1.82) is 0 Å². The molecule has 162 valence electrons. The molecule has 4 rings (SSSR count). The van der Waals surface area contributed by atoms with E-state index in [1.807, 2.05) is 42.5 Å². The van der Waals surface area contributed by atoms with E-state index in [4.69, 9.17) is 4.74 Å². The first-order valence-corrected chi connectivity index (χ1v) is 11.7. The molecule has 4 aromatic rings. The number of thiazole rings is 1. The predicted octanol–water partition coefficient (Wildman–Crippen LogP) is 4.60. The number of methoxy groups -OCH3 is 1. The van der Waals surface area contributed by atoms with E-state index in [-0.39, 0.29) is 18.2 Å². The van der Waals surface area contributed by atoms with Crippen molar-refractivity contribution in [3.05, 3.63) is 89.5 Å². The van der Waals surface area contributed by atoms with Gasteiger partial charge in [0.05, 0.1) is 23.7 Å². The smallest absolute Gasteiger partial charge is 0.269 e. The maximum absolute atomic E-state index is 12.3. The number of benzene rings is 3. The Morgan fingerprint density at radius 3 is 2.38 bits per heavy atom. The maximum atomic E-state index is 12.3. The first kappa shape index (κ1) is 21.9. The molecule has 1 heterocycles. The number of rotatable bonds is 7. The van der Waals surface area contributed by atoms with Gasteiger partial charge in [0, 0.05) is 11.3 Å². The van der Waals surface area contributed by atoms with Crippen molar-refractivity contribution < 1.29 is 14.3 Å². The zero-order valence-corrected chi connectivity index (χ0v) is 19.0. The van der Waals surface area contributed by atoms with Crippen LogP contribution in [-0.2, 0) is 17.0 Å². The molecule has 0 unspecified atom stereocenters. The molecule has 6 nitrogen and oxygen atoms in total. The number of thioether (sulfide) groups is 1. The summed E-state index contributed by atoms with van der Waals surface area (Å²) in [6.07, 6.45) is 0.159. The summed E-state index contributed by atoms with van der Waals surface area (Å²) in [7, 11) is 1.59. The van der Waals surface area contributed by atoms with Gasteiger partial charge >= 0.3 is 0 Å². The van der Waals surface area contributed by atoms with E-state index >= 15 is 0 Å². The van der Waals surface area contributed by atoms with Gasteiger partial charge in [-0.05, 0) is 47.5 Å². The number of hydrazine groups is 1. The van der Waals surface area contributed by atoms with Crippen LogP contribution >= 0.6 is 23.1 Å². The summed E-state index contributed by atoms with van der Waals surface area (Å²) in [4.78, 5) is 29.0. The van der Waals surface area contributed by atoms with Crippen LogP contribution in [0.4, 0.5) is 0 Å². The molecule has 0 spiro atoms. The second-order valence-corrected chi connectivity index (χ2v) is 9.21. The van der Waals surface area contributed by atoms with E-state index in [1.54, 1.807) is 54.5 Å². The highest BCUT2D eigenvalue weighted by molar-refractivity contribution is 8.00. The van der Waals surface area contributed by atoms with Crippen LogP contribution in [0.1, 0.15) is 21.5 Å². The molecule has 0 aliphatic carbocycles. The lowest BCUT2D eigenvalue weighted by molar-refractivity contribution is -0.121. The van der Waals surface area contributed by atoms with Crippen molar-refractivity contribution in [3.8, 4) is 5.75 Å². The topological polar surface area (TPSA) is 80.3 Å². The third-order valence-corrected chi connectivity index (χ3v) is 6.94. The first-order valence-electron chi connectivity index (χ1n) is 9.90. The summed E-state index contributed by atoms with van der Waals surface area (Å²) in [5.74, 6) is 0.829. The van der Waals surface area contributed by atoms with Crippen LogP contribution in [0.5, 0.6) is 5.75 Å². The Morgan fingerprint density at radius 1 is 0.938 bits per heavy atom. The molecule has 0 fully saturated rings. The Morgan fingerprint density at radius 2 is 1.66 bits per heavy atom. The Labute approximate surface area is 194 Å². The van der Waals surface area contributed by atoms with Crippen LogP contribution < -0.4 is 15.6 Å². The van der Waals surface area contributed by atoms with Crippen LogP contribution in [0, 0.1) is 0 Å². The predicted molar refractivity (Wildman–Crippen MR) is 128 cm³/mol. The van der Waals surface area contributed by atoms with Crippen LogP contribution in [0.15, 0.2) is 77.1 Å². The number of carbonyl (C=O) groups excluding carboxylic acids is 2. The highest BCUT2D eigenvalue weighted by Gasteiger charge is 2.09. The molecular formula is C24H21N3O3S2. The van der Waals surface area contributed by atoms with Crippen LogP contribution in [0.2, 0.25) is 0 Å². The molecule has 0 saturated heterocycles. The van der Waals surface area contributed by atoms with Gasteiger partial charge in [-0.3, -0.25) is 20.4 Å². The highest BCUT2D eigenvalue weighted by Crippen LogP contribution is 2.31. The minimum Gasteiger partial charge on any atom is -0.497 e. The number of hydrogen-bond donors (Lipinski definition) is 2. The van der Waals surface area contributed by atoms with Gasteiger partial charge in [-0.15, -0.1) is 11.3 Å². The Bertz CT molecular complexity index is 1190. The van der Waals surface area contributed by atoms with Gasteiger partial charge in [-0.25, -0.2) is 4.98 Å². The standard InChI is InChI=1S/C24H21N3O3S2/c1-30-19-12-8-16(9-13-19)14-22(28)26-27-23(29)18-10-6-17(7-11-18)15-31-24-25-20-4-2-3-5-21(20)32-24/h2-13H,14-15H2,1H3,(H,26,28)(H,27,29). The quantitative estimate of drug-likeness (QED) is 0.309. The van der Waals surface area contributed by atoms with E-state index in [2.05, 4.69) is 21.9 Å². The Kier molecular flexibility index (Phi) is 7.03. The van der Waals surface area contributed by atoms with Crippen molar-refractivity contribution in [2.45, 2.75) is 16.5 Å². The SMILES string of the molecule is COc1ccc(CC(=O)NNC(=O)c2ccc(CSc3nc4ccccc4s3)cc2)cc1. The molecule has 0 atom stereocenters. The summed E-state index contributed by atoms with van der Waals surface area (Å²) < 4.78 is 7.30. The number of para-hydroxylation sites is 1. The van der Waals surface area contributed by atoms with Gasteiger partial charge < -0.3 is 4.74 Å². The molecule has 2 N–H and O–H groups in total. The summed E-state index contributed by atoms with van der Waals surface area (Å²) in [6.45, 7) is 0. The van der Waals surface area contributed by atoms with Crippen LogP contribution in [0.25, 0.3) is 10.2 Å². The fraction of sp³-hybridized carbons (Fsp3) is 0.125. The third-order valence-electron chi connectivity index (χ3n) is 4.69. The van der Waals surface area contributed by atoms with Crippen molar-refractivity contribution in [2.75, 3.05) is 7.11 Å². The number of fused-ring (bicyclic) bond motifs is 1. The number of amides is 2. The van der Waals surface area contributed by atoms with E-state index in [1.165, 1.54) is 4.70 Å². The summed E-state index contributed by atoms with van der Waals surface area (Å²) in [5, 5.41) is 0. The van der Waals surface area contributed by atoms with Crippen LogP contribution in [0.3, 0.4) is 0 Å². The van der Waals surface area contributed by atoms with Gasteiger partial charge in [0.15, 0.2) is 4.34 Å². The van der Waals surface area contributed by atoms with Gasteiger partial charge in [-0.2, -0.15) is 0 Å². The molecule has 8 heteroatoms. The van der Waals surface area contributed by atoms with Gasteiger partial charge in [-0.1, -0.05) is 48.2 Å². The minimum atomic E-state index is -0.363. The summed E-state index contributed by atoms with van der Waals surface area (Å²) in [6, 6.07) is 22.6. The Hall–Kier alpha value is -3.36. The van der Waals surface area contributed by atoms with E-state index in [9.17, 15) is 9.59 Å². The van der Waals surface area contributed by atoms with E-state index in [0.29, 0.717) is 5.56 Å². The second-order valence-electron chi connectivity index (χ2n) is 6.96. The summed E-state index contributed by atoms with van der Waals surface area (Å²) in [5.41, 5.74) is 8.32. The normalized spacial score (nSPS) is 10.7. The van der Waals surface area contributed by atoms with Crippen molar-refractivity contribution >= 4 is 45.1 Å². The maximum Gasteiger partial charge on any atom is 0.269 e. The lowest BCUT2D eigenvalue weighted by Crippen LogP contribution is -2.42. The number of nitrogens with one attached hydrogen (secondary N) is 2. The third kappa shape index (κ3) is 5.66. The largest absolute Gasteiger partial charge is 0.497 e. The molecular weight excluding hydrogens is 442 g/mol.